The number of likely N-dealkylation sites (N-methyl/N-ethyl adjacent to an activating group) is 3. The number of rotatable bonds is 26. The molecule has 23 N–H and O–H groups in total. The smallest absolute Gasteiger partial charge is 0.246 e. The topological polar surface area (TPSA) is 646 Å². The lowest BCUT2D eigenvalue weighted by atomic mass is 10.00. The number of nitrogens with two attached hydrogens (primary N) is 3. The molecule has 6 heterocycles. The van der Waals surface area contributed by atoms with Crippen molar-refractivity contribution in [2.45, 2.75) is 234 Å². The summed E-state index contributed by atoms with van der Waals surface area (Å²) in [4.78, 5) is 267. The summed E-state index contributed by atoms with van der Waals surface area (Å²) in [5.74, 6) is -18.0. The van der Waals surface area contributed by atoms with E-state index in [0.29, 0.717) is 69.7 Å². The molecule has 0 spiro atoms. The van der Waals surface area contributed by atoms with Crippen LogP contribution in [0, 0.1) is 11.3 Å². The molecule has 3 fully saturated rings. The standard InChI is InChI=1S/C93H129N23O20S/c1-9-11-24-72-85(129)104-63(23-17-33-99-93(96)97)81(125)111-71(80(124)102-46-77(95)121)49-137-50-78(122)103-67(39-53-27-29-57(118)30-28-53)88(132)112(6)52(5)79(123)107-69(43-76(94)120)90(134)115-36-18-26-73(115)86(130)105-64(38-54-31-34-98-35-32-54)82(126)108-66(37-51(3)4)91(135)116-47-58(119)42-75(116)87(131)106-65(40-55-44-100-61-21-15-13-19-59(55)61)83(127)110-70(48-117)84(128)109-68(41-56-45-101-62-22-16-14-20-60(56)62)89(133)114(8)74(25-12-10-2)92(136)113(72)7/h13-16,19-22,27-32,34-35,44-45,51-52,58,63-75,100-101,117-119H,9-12,17-18,23-26,33,36-43,46-50H2,1-8H3,(H2,94,120)(H2,95,121)(H,102,124)(H,103,122)(H,104,129)(H,105,130)(H,106,131)(H,107,123)(H,108,126)(H,109,128)(H,110,127)(H,111,125)(H4,96,97,99)/t52-,58+,63-,64-,65-,66-,67-,68-,69-,70-,71-,72-,73-,74-,75?/m0/s1. The van der Waals surface area contributed by atoms with Gasteiger partial charge in [0.2, 0.25) is 100 Å². The number of aromatic nitrogens is 3. The lowest BCUT2D eigenvalue weighted by Crippen LogP contribution is -2.62. The maximum Gasteiger partial charge on any atom is 0.246 e. The van der Waals surface area contributed by atoms with Gasteiger partial charge in [-0.05, 0) is 116 Å². The Bertz CT molecular complexity index is 5290. The van der Waals surface area contributed by atoms with Crippen molar-refractivity contribution in [1.29, 1.82) is 5.41 Å². The summed E-state index contributed by atoms with van der Waals surface area (Å²) in [6.07, 6.45) is 3.90. The number of phenols is 1. The molecule has 15 atom stereocenters. The third kappa shape index (κ3) is 30.1. The number of thioether (sulfide) groups is 1. The number of phenolic OH excluding ortho intramolecular Hbond substituents is 1. The fraction of sp³-hybridized carbons (Fsp3) is 0.516. The number of amides is 17. The molecule has 0 radical (unpaired) electrons. The van der Waals surface area contributed by atoms with Crippen LogP contribution in [0.2, 0.25) is 0 Å². The number of aliphatic hydroxyl groups is 2. The lowest BCUT2D eigenvalue weighted by molar-refractivity contribution is -0.149. The Hall–Kier alpha value is -13.8. The van der Waals surface area contributed by atoms with E-state index in [4.69, 9.17) is 22.6 Å². The highest BCUT2D eigenvalue weighted by Crippen LogP contribution is 2.28. The van der Waals surface area contributed by atoms with Crippen molar-refractivity contribution < 1.29 is 96.8 Å². The van der Waals surface area contributed by atoms with Gasteiger partial charge in [-0.25, -0.2) is 0 Å². The molecule has 17 amide bonds. The number of para-hydroxylation sites is 2. The molecule has 0 saturated carbocycles. The molecule has 137 heavy (non-hydrogen) atoms. The summed E-state index contributed by atoms with van der Waals surface area (Å²) in [6.45, 7) is 6.03. The maximum atomic E-state index is 15.8. The molecule has 6 aromatic rings. The number of nitrogens with one attached hydrogen (secondary N) is 14. The minimum Gasteiger partial charge on any atom is -0.508 e. The van der Waals surface area contributed by atoms with Crippen molar-refractivity contribution >= 4 is 140 Å². The molecular formula is C93H129N23O20S. The number of unbranched alkanes of at least 4 members (excludes halogenated alkanes) is 2. The molecule has 742 valence electrons. The molecule has 3 aliphatic rings. The highest BCUT2D eigenvalue weighted by atomic mass is 32.2. The van der Waals surface area contributed by atoms with E-state index in [1.807, 2.05) is 13.8 Å². The number of pyridine rings is 1. The summed E-state index contributed by atoms with van der Waals surface area (Å²) in [7, 11) is 3.90. The molecule has 1 unspecified atom stereocenters. The highest BCUT2D eigenvalue weighted by molar-refractivity contribution is 8.00. The van der Waals surface area contributed by atoms with Crippen LogP contribution >= 0.6 is 11.8 Å². The summed E-state index contributed by atoms with van der Waals surface area (Å²) in [6, 6.07) is 0.910. The fourth-order valence-corrected chi connectivity index (χ4v) is 17.8. The number of nitrogens with zero attached hydrogens (tertiary/aromatic N) is 6. The zero-order valence-corrected chi connectivity index (χ0v) is 79.0. The second-order valence-corrected chi connectivity index (χ2v) is 36.3. The van der Waals surface area contributed by atoms with Gasteiger partial charge in [0.15, 0.2) is 5.96 Å². The molecule has 3 saturated heterocycles. The molecule has 9 rings (SSSR count). The van der Waals surface area contributed by atoms with Crippen LogP contribution in [0.5, 0.6) is 5.75 Å². The number of hydrogen-bond donors (Lipinski definition) is 20. The molecular weight excluding hydrogens is 1790 g/mol. The van der Waals surface area contributed by atoms with Gasteiger partial charge in [0.1, 0.15) is 90.3 Å². The van der Waals surface area contributed by atoms with Crippen LogP contribution < -0.4 is 75.7 Å². The molecule has 0 aliphatic carbocycles. The quantitative estimate of drug-likeness (QED) is 0.0155. The van der Waals surface area contributed by atoms with Crippen molar-refractivity contribution in [3.63, 3.8) is 0 Å². The first-order valence-corrected chi connectivity index (χ1v) is 47.1. The second-order valence-electron chi connectivity index (χ2n) is 35.3. The SMILES string of the molecule is CCCC[C@H]1C(=O)N(C)[C@@H](CCCC)C(=O)N[C@@H](CCCNC(=N)N)C(=O)N[C@H](C(=O)NCC(N)=O)CSCC(=O)N[C@@H](Cc2ccc(O)cc2)C(=O)N(C)[C@@H](C)C(=O)N[C@@H](CC(N)=O)C(=O)N2CCC[C@H]2C(=O)N[C@@H](Cc2ccncc2)C(=O)N[C@@H](CC(C)C)C(=O)N2C[C@H](O)CC2C(=O)N[C@@H](Cc2c[nH]c3ccccc23)C(=O)N[C@@H](CO)C(=O)N[C@@H](Cc2c[nH]c3ccccc23)C(=O)N1C. The van der Waals surface area contributed by atoms with Crippen LogP contribution in [0.1, 0.15) is 140 Å². The summed E-state index contributed by atoms with van der Waals surface area (Å²) < 4.78 is 0. The van der Waals surface area contributed by atoms with Gasteiger partial charge in [-0.3, -0.25) is 91.9 Å². The van der Waals surface area contributed by atoms with Crippen LogP contribution in [-0.4, -0.2) is 317 Å². The van der Waals surface area contributed by atoms with Crippen LogP contribution in [0.25, 0.3) is 21.8 Å². The van der Waals surface area contributed by atoms with Crippen molar-refractivity contribution in [3.8, 4) is 5.75 Å². The van der Waals surface area contributed by atoms with Crippen LogP contribution in [0.3, 0.4) is 0 Å². The second kappa shape index (κ2) is 51.2. The average molecular weight is 1920 g/mol. The van der Waals surface area contributed by atoms with E-state index in [0.717, 1.165) is 36.3 Å². The highest BCUT2D eigenvalue weighted by Gasteiger charge is 2.47. The first-order valence-electron chi connectivity index (χ1n) is 46.0. The Kier molecular flexibility index (Phi) is 40.0. The zero-order chi connectivity index (χ0) is 100. The number of H-pyrrole nitrogens is 2. The van der Waals surface area contributed by atoms with Crippen LogP contribution in [0.4, 0.5) is 0 Å². The van der Waals surface area contributed by atoms with Crippen molar-refractivity contribution in [2.24, 2.45) is 23.1 Å². The number of aromatic amines is 2. The number of primary amides is 2. The maximum absolute atomic E-state index is 15.8. The average Bonchev–Trinajstić information content (AvgIpc) is 1.67. The zero-order valence-electron chi connectivity index (χ0n) is 78.2. The number of carbonyl (C=O) groups excluding carboxylic acids is 17. The first-order chi connectivity index (χ1) is 65.3. The van der Waals surface area contributed by atoms with E-state index in [9.17, 15) is 58.5 Å². The number of aromatic hydroxyl groups is 1. The Morgan fingerprint density at radius 2 is 1.04 bits per heavy atom. The molecule has 44 heteroatoms. The predicted molar refractivity (Wildman–Crippen MR) is 505 cm³/mol. The number of aliphatic hydroxyl groups excluding tert-OH is 2. The van der Waals surface area contributed by atoms with Gasteiger partial charge < -0.3 is 125 Å². The first kappa shape index (κ1) is 107. The van der Waals surface area contributed by atoms with E-state index < -0.39 is 241 Å². The van der Waals surface area contributed by atoms with Crippen molar-refractivity contribution in [3.05, 3.63) is 132 Å². The van der Waals surface area contributed by atoms with Gasteiger partial charge >= 0.3 is 0 Å². The Labute approximate surface area is 796 Å². The van der Waals surface area contributed by atoms with Crippen LogP contribution in [-0.2, 0) is 107 Å². The Morgan fingerprint density at radius 3 is 1.64 bits per heavy atom. The molecule has 3 aromatic carbocycles. The summed E-state index contributed by atoms with van der Waals surface area (Å²) in [5.41, 5.74) is 19.9. The predicted octanol–water partition coefficient (Wildman–Crippen LogP) is -2.26. The summed E-state index contributed by atoms with van der Waals surface area (Å²) in [5, 5.41) is 71.3. The van der Waals surface area contributed by atoms with E-state index >= 15 is 38.4 Å². The number of fused-ring (bicyclic) bond motifs is 4. The third-order valence-corrected chi connectivity index (χ3v) is 25.6. The van der Waals surface area contributed by atoms with Crippen molar-refractivity contribution in [2.75, 3.05) is 65.4 Å². The number of hydrogen-bond acceptors (Lipinski definition) is 23. The van der Waals surface area contributed by atoms with Gasteiger partial charge in [0, 0.05) is 125 Å². The van der Waals surface area contributed by atoms with Gasteiger partial charge in [-0.15, -0.1) is 11.8 Å². The normalized spacial score (nSPS) is 24.5. The minimum absolute atomic E-state index is 0.0129. The largest absolute Gasteiger partial charge is 0.508 e. The molecule has 3 aromatic heterocycles. The Balaban J connectivity index is 1.11. The summed E-state index contributed by atoms with van der Waals surface area (Å²) >= 11 is 0.761. The van der Waals surface area contributed by atoms with Gasteiger partial charge in [-0.2, -0.15) is 0 Å². The van der Waals surface area contributed by atoms with Crippen molar-refractivity contribution in [1.82, 2.24) is 97.9 Å². The monoisotopic (exact) mass is 1920 g/mol. The number of guanidine groups is 1. The molecule has 43 nitrogen and oxygen atoms in total. The van der Waals surface area contributed by atoms with Gasteiger partial charge in [0.05, 0.1) is 31.4 Å². The van der Waals surface area contributed by atoms with Gasteiger partial charge in [-0.1, -0.05) is 102 Å². The fourth-order valence-electron chi connectivity index (χ4n) is 16.9. The van der Waals surface area contributed by atoms with E-state index in [1.165, 1.54) is 64.7 Å². The third-order valence-electron chi connectivity index (χ3n) is 24.5. The van der Waals surface area contributed by atoms with Crippen LogP contribution in [0.15, 0.2) is 110 Å². The van der Waals surface area contributed by atoms with Gasteiger partial charge in [0.25, 0.3) is 0 Å². The minimum atomic E-state index is -1.89. The van der Waals surface area contributed by atoms with E-state index in [2.05, 4.69) is 73.4 Å². The number of carbonyl (C=O) groups is 17. The number of benzene rings is 3. The van der Waals surface area contributed by atoms with E-state index in [1.54, 1.807) is 86.9 Å². The lowest BCUT2D eigenvalue weighted by Gasteiger charge is -2.36. The van der Waals surface area contributed by atoms with E-state index in [-0.39, 0.29) is 95.4 Å². The Morgan fingerprint density at radius 1 is 0.533 bits per heavy atom. The molecule has 0 bridgehead atoms. The molecule has 3 aliphatic heterocycles.